The zero-order valence-electron chi connectivity index (χ0n) is 18.4. The maximum atomic E-state index is 14.4. The third-order valence-corrected chi connectivity index (χ3v) is 8.10. The number of nitrogens with one attached hydrogen (secondary N) is 2. The van der Waals surface area contributed by atoms with Gasteiger partial charge in [0.1, 0.15) is 5.69 Å². The number of carbonyl (C=O) groups excluding carboxylic acids is 1. The number of carbonyl (C=O) groups is 1. The first-order valence-electron chi connectivity index (χ1n) is 10.3. The Morgan fingerprint density at radius 2 is 1.91 bits per heavy atom. The average Bonchev–Trinajstić information content (AvgIpc) is 3.15. The van der Waals surface area contributed by atoms with Crippen LogP contribution >= 0.6 is 19.0 Å². The summed E-state index contributed by atoms with van der Waals surface area (Å²) in [6.45, 7) is 4.00. The first-order valence-corrected chi connectivity index (χ1v) is 12.3. The summed E-state index contributed by atoms with van der Waals surface area (Å²) in [7, 11) is -2.28. The van der Waals surface area contributed by atoms with E-state index in [1.807, 2.05) is 32.0 Å². The minimum absolute atomic E-state index is 0.143. The molecule has 1 amide bonds. The molecule has 0 saturated heterocycles. The van der Waals surface area contributed by atoms with Gasteiger partial charge in [-0.15, -0.1) is 0 Å². The van der Waals surface area contributed by atoms with Crippen molar-refractivity contribution in [3.05, 3.63) is 88.3 Å². The number of nitrogens with zero attached hydrogens (tertiary/aromatic N) is 1. The third-order valence-electron chi connectivity index (χ3n) is 5.36. The molecule has 0 aliphatic rings. The molecule has 33 heavy (non-hydrogen) atoms. The number of pyridine rings is 1. The summed E-state index contributed by atoms with van der Waals surface area (Å²) in [6.07, 6.45) is 2.96. The van der Waals surface area contributed by atoms with Crippen molar-refractivity contribution in [1.29, 1.82) is 0 Å². The normalized spacial score (nSPS) is 13.1. The van der Waals surface area contributed by atoms with Crippen molar-refractivity contribution in [3.63, 3.8) is 0 Å². The molecule has 2 heterocycles. The molecular formula is C24H24ClN3O4P+. The Kier molecular flexibility index (Phi) is 6.30. The molecule has 0 saturated carbocycles. The maximum Gasteiger partial charge on any atom is 0.268 e. The molecule has 4 rings (SSSR count). The van der Waals surface area contributed by atoms with Crippen molar-refractivity contribution >= 4 is 46.4 Å². The molecule has 1 atom stereocenters. The molecule has 0 fully saturated rings. The standard InChI is InChI=1S/C24H23ClN3O4P/c1-15-9-16(2)11-19(10-15)33(31,32-3)23-20-12-18(25)6-7-21(20)27-22(23)24(29)26-13-17-5-4-8-28(30)14-17/h4-12,14H,13H2,1-3H3,(H2-,26,27,29,30,31)/p+1. The molecule has 0 bridgehead atoms. The van der Waals surface area contributed by atoms with Gasteiger partial charge in [0.25, 0.3) is 13.3 Å². The predicted octanol–water partition coefficient (Wildman–Crippen LogP) is 3.77. The van der Waals surface area contributed by atoms with Gasteiger partial charge in [-0.3, -0.25) is 14.6 Å². The van der Waals surface area contributed by atoms with Crippen LogP contribution in [0.4, 0.5) is 0 Å². The number of amides is 1. The molecule has 0 aliphatic heterocycles. The van der Waals surface area contributed by atoms with Crippen LogP contribution in [0.5, 0.6) is 0 Å². The van der Waals surface area contributed by atoms with Gasteiger partial charge in [-0.05, 0) is 50.2 Å². The molecule has 4 aromatic rings. The summed E-state index contributed by atoms with van der Waals surface area (Å²) in [5.74, 6) is -0.452. The first kappa shape index (κ1) is 23.1. The number of aryl methyl sites for hydroxylation is 2. The highest BCUT2D eigenvalue weighted by molar-refractivity contribution is 7.75. The maximum absolute atomic E-state index is 14.4. The molecule has 2 aromatic carbocycles. The van der Waals surface area contributed by atoms with Crippen LogP contribution in [-0.4, -0.2) is 23.2 Å². The number of aromatic amines is 1. The molecule has 170 valence electrons. The topological polar surface area (TPSA) is 95.3 Å². The van der Waals surface area contributed by atoms with E-state index >= 15 is 0 Å². The molecule has 0 aliphatic carbocycles. The summed E-state index contributed by atoms with van der Waals surface area (Å²) in [5.41, 5.74) is 3.33. The number of hydrogen-bond acceptors (Lipinski definition) is 4. The van der Waals surface area contributed by atoms with Gasteiger partial charge >= 0.3 is 0 Å². The van der Waals surface area contributed by atoms with Crippen molar-refractivity contribution in [3.8, 4) is 0 Å². The largest absolute Gasteiger partial charge is 0.350 e. The van der Waals surface area contributed by atoms with E-state index in [-0.39, 0.29) is 17.5 Å². The lowest BCUT2D eigenvalue weighted by atomic mass is 10.2. The van der Waals surface area contributed by atoms with E-state index < -0.39 is 13.3 Å². The highest BCUT2D eigenvalue weighted by atomic mass is 35.5. The Morgan fingerprint density at radius 1 is 1.18 bits per heavy atom. The number of benzene rings is 2. The van der Waals surface area contributed by atoms with Crippen molar-refractivity contribution in [1.82, 2.24) is 10.3 Å². The van der Waals surface area contributed by atoms with E-state index in [0.29, 0.717) is 26.8 Å². The average molecular weight is 485 g/mol. The predicted molar refractivity (Wildman–Crippen MR) is 128 cm³/mol. The number of halogens is 1. The summed E-state index contributed by atoms with van der Waals surface area (Å²) < 4.78 is 21.0. The van der Waals surface area contributed by atoms with Gasteiger partial charge in [0.2, 0.25) is 12.4 Å². The minimum Gasteiger partial charge on any atom is -0.350 e. The molecule has 1 unspecified atom stereocenters. The van der Waals surface area contributed by atoms with Crippen LogP contribution in [0.3, 0.4) is 0 Å². The highest BCUT2D eigenvalue weighted by Gasteiger charge is 2.36. The van der Waals surface area contributed by atoms with Gasteiger partial charge in [-0.25, -0.2) is 0 Å². The van der Waals surface area contributed by atoms with Gasteiger partial charge in [0.05, 0.1) is 5.30 Å². The summed E-state index contributed by atoms with van der Waals surface area (Å²) in [4.78, 5) is 16.4. The number of rotatable bonds is 6. The Balaban J connectivity index is 1.85. The zero-order valence-corrected chi connectivity index (χ0v) is 20.1. The summed E-state index contributed by atoms with van der Waals surface area (Å²) >= 11 is 6.25. The SMILES string of the molecule is COP(=O)(c1cc(C)cc(C)c1)c1c(C(=O)NCc2ccc[n+](O)c2)[nH]c2ccc(Cl)cc12. The lowest BCUT2D eigenvalue weighted by Crippen LogP contribution is -2.32. The van der Waals surface area contributed by atoms with Crippen LogP contribution in [0.15, 0.2) is 60.9 Å². The second-order valence-corrected chi connectivity index (χ2v) is 10.8. The van der Waals surface area contributed by atoms with E-state index in [0.717, 1.165) is 15.9 Å². The van der Waals surface area contributed by atoms with E-state index in [4.69, 9.17) is 16.1 Å². The van der Waals surface area contributed by atoms with Gasteiger partial charge in [0, 0.05) is 51.2 Å². The Labute approximate surface area is 196 Å². The first-order chi connectivity index (χ1) is 15.7. The van der Waals surface area contributed by atoms with Crippen molar-refractivity contribution in [2.24, 2.45) is 0 Å². The highest BCUT2D eigenvalue weighted by Crippen LogP contribution is 2.47. The van der Waals surface area contributed by atoms with Gasteiger partial charge in [0.15, 0.2) is 0 Å². The van der Waals surface area contributed by atoms with Crippen molar-refractivity contribution in [2.45, 2.75) is 20.4 Å². The van der Waals surface area contributed by atoms with Crippen LogP contribution in [0.1, 0.15) is 27.2 Å². The number of fused-ring (bicyclic) bond motifs is 1. The van der Waals surface area contributed by atoms with E-state index in [9.17, 15) is 14.6 Å². The fraction of sp³-hybridized carbons (Fsp3) is 0.167. The quantitative estimate of drug-likeness (QED) is 0.220. The van der Waals surface area contributed by atoms with Crippen LogP contribution in [0.2, 0.25) is 5.02 Å². The van der Waals surface area contributed by atoms with Crippen LogP contribution < -0.4 is 20.7 Å². The van der Waals surface area contributed by atoms with Crippen LogP contribution in [0.25, 0.3) is 10.9 Å². The summed E-state index contributed by atoms with van der Waals surface area (Å²) in [6, 6.07) is 14.2. The molecule has 2 aromatic heterocycles. The zero-order chi connectivity index (χ0) is 23.8. The molecule has 3 N–H and O–H groups in total. The van der Waals surface area contributed by atoms with Crippen LogP contribution in [-0.2, 0) is 15.6 Å². The van der Waals surface area contributed by atoms with Gasteiger partial charge in [-0.2, -0.15) is 0 Å². The lowest BCUT2D eigenvalue weighted by Gasteiger charge is -2.19. The minimum atomic E-state index is -3.67. The Hall–Kier alpha value is -3.12. The smallest absolute Gasteiger partial charge is 0.268 e. The molecule has 0 radical (unpaired) electrons. The fourth-order valence-electron chi connectivity index (χ4n) is 3.95. The second kappa shape index (κ2) is 9.02. The summed E-state index contributed by atoms with van der Waals surface area (Å²) in [5, 5.41) is 14.2. The monoisotopic (exact) mass is 484 g/mol. The molecule has 7 nitrogen and oxygen atoms in total. The van der Waals surface area contributed by atoms with Crippen LogP contribution in [0, 0.1) is 13.8 Å². The van der Waals surface area contributed by atoms with Crippen molar-refractivity contribution < 1.29 is 23.8 Å². The molecule has 9 heteroatoms. The van der Waals surface area contributed by atoms with Gasteiger partial charge in [-0.1, -0.05) is 28.8 Å². The van der Waals surface area contributed by atoms with Gasteiger partial charge < -0.3 is 14.8 Å². The molecule has 0 spiro atoms. The third kappa shape index (κ3) is 4.53. The fourth-order valence-corrected chi connectivity index (χ4v) is 6.48. The van der Waals surface area contributed by atoms with E-state index in [1.54, 1.807) is 30.3 Å². The Bertz CT molecular complexity index is 1400. The van der Waals surface area contributed by atoms with E-state index in [2.05, 4.69) is 10.3 Å². The lowest BCUT2D eigenvalue weighted by molar-refractivity contribution is -0.905. The van der Waals surface area contributed by atoms with Crippen molar-refractivity contribution in [2.75, 3.05) is 7.11 Å². The Morgan fingerprint density at radius 3 is 2.58 bits per heavy atom. The number of H-pyrrole nitrogens is 1. The number of hydrogen-bond donors (Lipinski definition) is 3. The second-order valence-electron chi connectivity index (χ2n) is 7.89. The number of aromatic nitrogens is 2. The molecular weight excluding hydrogens is 461 g/mol. The van der Waals surface area contributed by atoms with E-state index in [1.165, 1.54) is 19.5 Å².